The van der Waals surface area contributed by atoms with Crippen molar-refractivity contribution in [2.75, 3.05) is 0 Å². The number of carbonyl (C=O) groups excluding carboxylic acids is 5. The summed E-state index contributed by atoms with van der Waals surface area (Å²) in [5.74, 6) is -5.47. The van der Waals surface area contributed by atoms with Gasteiger partial charge in [-0.25, -0.2) is 0 Å². The molecular formula is C40H46ClNO9. The first kappa shape index (κ1) is 40.9. The second-order valence-corrected chi connectivity index (χ2v) is 13.7. The van der Waals surface area contributed by atoms with Gasteiger partial charge < -0.3 is 25.7 Å². The van der Waals surface area contributed by atoms with Crippen molar-refractivity contribution in [2.45, 2.75) is 79.6 Å². The Labute approximate surface area is 303 Å². The number of aromatic hydroxyl groups is 1. The number of aliphatic hydroxyl groups excluding tert-OH is 3. The van der Waals surface area contributed by atoms with Gasteiger partial charge in [-0.3, -0.25) is 24.0 Å². The zero-order valence-electron chi connectivity index (χ0n) is 29.9. The maximum atomic E-state index is 13.8. The van der Waals surface area contributed by atoms with Crippen LogP contribution in [0.2, 0.25) is 0 Å². The van der Waals surface area contributed by atoms with Crippen molar-refractivity contribution >= 4 is 40.6 Å². The average molecular weight is 720 g/mol. The van der Waals surface area contributed by atoms with Gasteiger partial charge in [0.2, 0.25) is 11.6 Å². The third-order valence-corrected chi connectivity index (χ3v) is 9.47. The fourth-order valence-electron chi connectivity index (χ4n) is 5.62. The quantitative estimate of drug-likeness (QED) is 0.211. The lowest BCUT2D eigenvalue weighted by Gasteiger charge is -2.23. The van der Waals surface area contributed by atoms with Gasteiger partial charge in [-0.15, -0.1) is 0 Å². The molecule has 6 atom stereocenters. The zero-order chi connectivity index (χ0) is 38.3. The van der Waals surface area contributed by atoms with Crippen molar-refractivity contribution in [3.8, 4) is 5.75 Å². The van der Waals surface area contributed by atoms with Crippen LogP contribution in [-0.2, 0) is 9.59 Å². The van der Waals surface area contributed by atoms with Gasteiger partial charge in [0, 0.05) is 40.9 Å². The molecular weight excluding hydrogens is 674 g/mol. The Morgan fingerprint density at radius 2 is 1.41 bits per heavy atom. The number of nitrogens with one attached hydrogen (secondary N) is 1. The van der Waals surface area contributed by atoms with Crippen molar-refractivity contribution in [1.82, 2.24) is 5.32 Å². The third kappa shape index (κ3) is 9.86. The van der Waals surface area contributed by atoms with Crippen LogP contribution in [0.3, 0.4) is 0 Å². The summed E-state index contributed by atoms with van der Waals surface area (Å²) in [5.41, 5.74) is -0.708. The topological polar surface area (TPSA) is 178 Å². The van der Waals surface area contributed by atoms with Crippen molar-refractivity contribution in [1.29, 1.82) is 0 Å². The summed E-state index contributed by atoms with van der Waals surface area (Å²) in [6.07, 6.45) is 11.3. The zero-order valence-corrected chi connectivity index (χ0v) is 30.6. The lowest BCUT2D eigenvalue weighted by Crippen LogP contribution is -2.34. The second kappa shape index (κ2) is 17.6. The maximum Gasteiger partial charge on any atom is 0.251 e. The number of Topliss-reactive ketones (excluding diaryl/α,β-unsaturated/α-hetero) is 4. The summed E-state index contributed by atoms with van der Waals surface area (Å²) in [7, 11) is 0. The first-order chi connectivity index (χ1) is 23.9. The Morgan fingerprint density at radius 1 is 0.745 bits per heavy atom. The molecule has 2 aliphatic heterocycles. The Kier molecular flexibility index (Phi) is 14.2. The van der Waals surface area contributed by atoms with E-state index < -0.39 is 81.0 Å². The summed E-state index contributed by atoms with van der Waals surface area (Å²) in [4.78, 5) is 66.8. The van der Waals surface area contributed by atoms with Crippen LogP contribution in [-0.4, -0.2) is 67.8 Å². The van der Waals surface area contributed by atoms with Crippen molar-refractivity contribution in [3.05, 3.63) is 110 Å². The Balaban J connectivity index is 2.08. The molecule has 0 spiro atoms. The number of aliphatic hydroxyl groups is 3. The number of halogens is 1. The molecule has 1 amide bonds. The van der Waals surface area contributed by atoms with E-state index in [4.69, 9.17) is 11.6 Å². The first-order valence-electron chi connectivity index (χ1n) is 16.7. The molecule has 0 fully saturated rings. The number of phenolic OH excluding ortho intramolecular Hbond substituents is 1. The minimum Gasteiger partial charge on any atom is -0.507 e. The van der Waals surface area contributed by atoms with E-state index in [0.717, 1.165) is 0 Å². The molecule has 11 heteroatoms. The summed E-state index contributed by atoms with van der Waals surface area (Å²) in [6.45, 7) is 11.2. The number of amides is 1. The van der Waals surface area contributed by atoms with Gasteiger partial charge in [-0.05, 0) is 56.9 Å². The fourth-order valence-corrected chi connectivity index (χ4v) is 5.85. The van der Waals surface area contributed by atoms with Gasteiger partial charge in [0.1, 0.15) is 16.5 Å². The lowest BCUT2D eigenvalue weighted by atomic mass is 9.83. The molecule has 5 N–H and O–H groups in total. The predicted molar refractivity (Wildman–Crippen MR) is 195 cm³/mol. The molecule has 4 rings (SSSR count). The molecule has 0 radical (unpaired) electrons. The van der Waals surface area contributed by atoms with Crippen LogP contribution < -0.4 is 5.32 Å². The molecule has 3 aliphatic rings. The minimum atomic E-state index is -1.01. The van der Waals surface area contributed by atoms with Crippen molar-refractivity contribution < 1.29 is 44.4 Å². The second-order valence-electron chi connectivity index (χ2n) is 13.3. The van der Waals surface area contributed by atoms with Crippen molar-refractivity contribution in [3.63, 3.8) is 0 Å². The van der Waals surface area contributed by atoms with Crippen LogP contribution in [0, 0.1) is 24.7 Å². The summed E-state index contributed by atoms with van der Waals surface area (Å²) in [5, 5.41) is 44.9. The molecule has 4 bridgehead atoms. The number of hydrogen-bond acceptors (Lipinski definition) is 9. The molecule has 51 heavy (non-hydrogen) atoms. The van der Waals surface area contributed by atoms with E-state index in [-0.39, 0.29) is 46.8 Å². The first-order valence-corrected chi connectivity index (χ1v) is 17.1. The van der Waals surface area contributed by atoms with Gasteiger partial charge >= 0.3 is 0 Å². The number of allylic oxidation sites excluding steroid dienone is 8. The van der Waals surface area contributed by atoms with Crippen LogP contribution in [0.15, 0.2) is 88.2 Å². The standard InChI is InChI=1S/C40H46ClNO9/c1-20-11-9-8-10-12-23(4)40(51)42-34-33(41)39(50)31-28(38(34)49)18-26(7)37(48)32(31)36(47)25(6)17-24(5)35(46)22(3)14-16-27(43)15-13-21(2)30(45)19-29(20)44/h8-14,16-18,20,22,24,27,29,35,43-44,46,48H,15,19H2,1-7H3,(H,42,51)/b10-8?,11-9+,16-14+,21-13+,23-12?,25-17+/t20-,22-,24-,27-,29-,35-/m0/s1. The summed E-state index contributed by atoms with van der Waals surface area (Å²) >= 11 is 6.36. The molecule has 1 aliphatic carbocycles. The molecule has 0 saturated carbocycles. The van der Waals surface area contributed by atoms with E-state index in [9.17, 15) is 44.4 Å². The van der Waals surface area contributed by atoms with E-state index in [1.54, 1.807) is 64.2 Å². The SMILES string of the molecule is CC1=CC=C/C=C/[C@H](C)[C@@H](O)CC(=O)/C(C)=C/C[C@H](O)/C=C/[C@H](C)[C@H](O)[C@@H](C)/C=C(\C)C(=O)c2c(O)c(C)cc3c2C(=O)C(Cl)=C(NC1=O)C3=O. The number of hydrogen-bond donors (Lipinski definition) is 5. The predicted octanol–water partition coefficient (Wildman–Crippen LogP) is 5.69. The molecule has 1 aromatic rings. The molecule has 0 saturated heterocycles. The summed E-state index contributed by atoms with van der Waals surface area (Å²) < 4.78 is 0. The Bertz CT molecular complexity index is 1820. The van der Waals surface area contributed by atoms with Crippen LogP contribution >= 0.6 is 11.6 Å². The molecule has 0 aromatic heterocycles. The average Bonchev–Trinajstić information content (AvgIpc) is 3.09. The van der Waals surface area contributed by atoms with Gasteiger partial charge in [0.25, 0.3) is 5.91 Å². The highest BCUT2D eigenvalue weighted by atomic mass is 35.5. The van der Waals surface area contributed by atoms with Crippen LogP contribution in [0.25, 0.3) is 0 Å². The van der Waals surface area contributed by atoms with E-state index >= 15 is 0 Å². The van der Waals surface area contributed by atoms with Gasteiger partial charge in [0.15, 0.2) is 11.6 Å². The van der Waals surface area contributed by atoms with Crippen LogP contribution in [0.4, 0.5) is 0 Å². The maximum absolute atomic E-state index is 13.8. The number of fused-ring (bicyclic) bond motifs is 18. The number of benzene rings is 1. The number of rotatable bonds is 0. The normalized spacial score (nSPS) is 29.9. The van der Waals surface area contributed by atoms with Gasteiger partial charge in [-0.1, -0.05) is 87.1 Å². The lowest BCUT2D eigenvalue weighted by molar-refractivity contribution is -0.118. The molecule has 10 nitrogen and oxygen atoms in total. The third-order valence-electron chi connectivity index (χ3n) is 9.11. The fraction of sp³-hybridized carbons (Fsp3) is 0.375. The van der Waals surface area contributed by atoms with Gasteiger partial charge in [0.05, 0.1) is 23.9 Å². The number of aryl methyl sites for hydroxylation is 1. The summed E-state index contributed by atoms with van der Waals surface area (Å²) in [6, 6.07) is 1.26. The van der Waals surface area contributed by atoms with E-state index in [1.165, 1.54) is 45.1 Å². The number of carbonyl (C=O) groups is 5. The van der Waals surface area contributed by atoms with Crippen LogP contribution in [0.5, 0.6) is 5.75 Å². The van der Waals surface area contributed by atoms with Crippen molar-refractivity contribution in [2.24, 2.45) is 17.8 Å². The van der Waals surface area contributed by atoms with E-state index in [1.807, 2.05) is 0 Å². The Morgan fingerprint density at radius 3 is 2.08 bits per heavy atom. The minimum absolute atomic E-state index is 0.0812. The monoisotopic (exact) mass is 719 g/mol. The molecule has 272 valence electrons. The number of phenols is 1. The van der Waals surface area contributed by atoms with E-state index in [2.05, 4.69) is 5.32 Å². The largest absolute Gasteiger partial charge is 0.507 e. The molecule has 0 unspecified atom stereocenters. The molecule has 2 heterocycles. The Hall–Kier alpha value is -4.48. The highest BCUT2D eigenvalue weighted by Crippen LogP contribution is 2.37. The number of ketones is 4. The smallest absolute Gasteiger partial charge is 0.251 e. The van der Waals surface area contributed by atoms with Gasteiger partial charge in [-0.2, -0.15) is 0 Å². The highest BCUT2D eigenvalue weighted by molar-refractivity contribution is 6.51. The van der Waals surface area contributed by atoms with Crippen LogP contribution in [0.1, 0.15) is 91.0 Å². The van der Waals surface area contributed by atoms with E-state index in [0.29, 0.717) is 5.57 Å². The molecule has 1 aromatic carbocycles. The highest BCUT2D eigenvalue weighted by Gasteiger charge is 2.38.